The van der Waals surface area contributed by atoms with E-state index in [9.17, 15) is 33.6 Å². The highest BCUT2D eigenvalue weighted by molar-refractivity contribution is 8.77. The zero-order valence-corrected chi connectivity index (χ0v) is 31.3. The average Bonchev–Trinajstić information content (AvgIpc) is 3.40. The first kappa shape index (κ1) is 42.6. The van der Waals surface area contributed by atoms with Crippen LogP contribution in [0.1, 0.15) is 76.3 Å². The maximum atomic E-state index is 13.2. The van der Waals surface area contributed by atoms with E-state index in [1.165, 1.54) is 10.8 Å². The Kier molecular flexibility index (Phi) is 16.5. The van der Waals surface area contributed by atoms with Crippen LogP contribution in [0.3, 0.4) is 0 Å². The fourth-order valence-corrected chi connectivity index (χ4v) is 7.93. The third-order valence-electron chi connectivity index (χ3n) is 7.90. The molecule has 4 amide bonds. The molecule has 53 heavy (non-hydrogen) atoms. The summed E-state index contributed by atoms with van der Waals surface area (Å²) >= 11 is 0. The van der Waals surface area contributed by atoms with Crippen LogP contribution >= 0.6 is 21.6 Å². The minimum absolute atomic E-state index is 0.0829. The number of hydrogen-bond donors (Lipinski definition) is 7. The molecule has 3 rings (SSSR count). The summed E-state index contributed by atoms with van der Waals surface area (Å²) in [5.41, 5.74) is 4.33. The molecule has 0 saturated carbocycles. The number of amides is 4. The summed E-state index contributed by atoms with van der Waals surface area (Å²) in [5.74, 6) is -6.62. The Labute approximate surface area is 315 Å². The van der Waals surface area contributed by atoms with Gasteiger partial charge in [0.25, 0.3) is 0 Å². The molecule has 7 N–H and O–H groups in total. The maximum absolute atomic E-state index is 13.2. The second-order valence-electron chi connectivity index (χ2n) is 13.3. The zero-order valence-electron chi connectivity index (χ0n) is 29.7. The fourth-order valence-electron chi connectivity index (χ4n) is 5.46. The highest BCUT2D eigenvalue weighted by Gasteiger charge is 2.31. The van der Waals surface area contributed by atoms with Crippen LogP contribution in [-0.2, 0) is 33.5 Å². The lowest BCUT2D eigenvalue weighted by Crippen LogP contribution is -2.52. The Hall–Kier alpha value is -4.77. The molecule has 2 aromatic rings. The van der Waals surface area contributed by atoms with Gasteiger partial charge in [0, 0.05) is 29.4 Å². The molecular formula is C36H46N4O11S2. The number of carbonyl (C=O) groups is 7. The number of alkyl carbamates (subject to hydrolysis) is 1. The SMILES string of the molecule is CC(C)(C)SSCC(NC(=O)OCC1c2ccccc2-c2ccccc21)C(=O)NCCCCCC(=O)NC(CC(=O)O)C(=O)NC(CC(=O)O)C(=O)O. The molecule has 1 aliphatic rings. The molecule has 0 aliphatic heterocycles. The number of fused-ring (bicyclic) bond motifs is 3. The Morgan fingerprint density at radius 1 is 0.736 bits per heavy atom. The number of carboxylic acid groups (broad SMARTS) is 3. The molecule has 0 bridgehead atoms. The molecule has 0 spiro atoms. The molecule has 3 unspecified atom stereocenters. The van der Waals surface area contributed by atoms with Crippen LogP contribution in [0.15, 0.2) is 48.5 Å². The average molecular weight is 775 g/mol. The largest absolute Gasteiger partial charge is 0.481 e. The first-order valence-corrected chi connectivity index (χ1v) is 19.3. The van der Waals surface area contributed by atoms with Gasteiger partial charge >= 0.3 is 24.0 Å². The van der Waals surface area contributed by atoms with E-state index >= 15 is 0 Å². The van der Waals surface area contributed by atoms with E-state index in [1.807, 2.05) is 74.6 Å². The van der Waals surface area contributed by atoms with Crippen molar-refractivity contribution < 1.29 is 53.6 Å². The molecule has 0 saturated heterocycles. The summed E-state index contributed by atoms with van der Waals surface area (Å²) in [7, 11) is 3.03. The Bertz CT molecular complexity index is 1600. The van der Waals surface area contributed by atoms with Gasteiger partial charge in [-0.3, -0.25) is 24.0 Å². The smallest absolute Gasteiger partial charge is 0.407 e. The van der Waals surface area contributed by atoms with Crippen LogP contribution in [-0.4, -0.2) is 98.8 Å². The number of carbonyl (C=O) groups excluding carboxylic acids is 4. The first-order chi connectivity index (χ1) is 25.1. The van der Waals surface area contributed by atoms with Crippen molar-refractivity contribution in [2.24, 2.45) is 0 Å². The Morgan fingerprint density at radius 2 is 1.32 bits per heavy atom. The Balaban J connectivity index is 1.47. The van der Waals surface area contributed by atoms with Gasteiger partial charge in [-0.25, -0.2) is 9.59 Å². The number of ether oxygens (including phenoxy) is 1. The van der Waals surface area contributed by atoms with Crippen LogP contribution in [0, 0.1) is 0 Å². The van der Waals surface area contributed by atoms with Gasteiger partial charge in [0.2, 0.25) is 17.7 Å². The number of unbranched alkanes of at least 4 members (excludes halogenated alkanes) is 2. The van der Waals surface area contributed by atoms with E-state index in [0.717, 1.165) is 22.3 Å². The lowest BCUT2D eigenvalue weighted by molar-refractivity contribution is -0.148. The normalized spacial score (nSPS) is 13.7. The fraction of sp³-hybridized carbons (Fsp3) is 0.472. The lowest BCUT2D eigenvalue weighted by Gasteiger charge is -2.21. The number of hydrogen-bond acceptors (Lipinski definition) is 10. The highest BCUT2D eigenvalue weighted by Crippen LogP contribution is 2.44. The van der Waals surface area contributed by atoms with Crippen LogP contribution in [0.4, 0.5) is 4.79 Å². The van der Waals surface area contributed by atoms with Crippen molar-refractivity contribution in [2.75, 3.05) is 18.9 Å². The summed E-state index contributed by atoms with van der Waals surface area (Å²) in [6.45, 7) is 6.46. The molecule has 1 aliphatic carbocycles. The second kappa shape index (κ2) is 20.5. The van der Waals surface area contributed by atoms with Gasteiger partial charge in [0.05, 0.1) is 12.8 Å². The number of benzene rings is 2. The van der Waals surface area contributed by atoms with Crippen molar-refractivity contribution in [3.63, 3.8) is 0 Å². The van der Waals surface area contributed by atoms with E-state index in [-0.39, 0.29) is 36.0 Å². The summed E-state index contributed by atoms with van der Waals surface area (Å²) in [6, 6.07) is 11.6. The van der Waals surface area contributed by atoms with Crippen molar-refractivity contribution >= 4 is 63.3 Å². The number of rotatable bonds is 21. The first-order valence-electron chi connectivity index (χ1n) is 17.0. The third kappa shape index (κ3) is 14.3. The van der Waals surface area contributed by atoms with Gasteiger partial charge in [-0.15, -0.1) is 0 Å². The molecule has 0 radical (unpaired) electrons. The van der Waals surface area contributed by atoms with Crippen molar-refractivity contribution in [1.82, 2.24) is 21.3 Å². The van der Waals surface area contributed by atoms with E-state index in [2.05, 4.69) is 16.0 Å². The van der Waals surface area contributed by atoms with Gasteiger partial charge in [0.15, 0.2) is 0 Å². The summed E-state index contributed by atoms with van der Waals surface area (Å²) in [4.78, 5) is 84.6. The predicted octanol–water partition coefficient (Wildman–Crippen LogP) is 3.75. The number of aliphatic carboxylic acids is 3. The van der Waals surface area contributed by atoms with E-state index in [4.69, 9.17) is 20.1 Å². The maximum Gasteiger partial charge on any atom is 0.407 e. The van der Waals surface area contributed by atoms with Crippen molar-refractivity contribution in [1.29, 1.82) is 0 Å². The number of nitrogens with one attached hydrogen (secondary N) is 4. The molecule has 17 heteroatoms. The predicted molar refractivity (Wildman–Crippen MR) is 199 cm³/mol. The van der Waals surface area contributed by atoms with Gasteiger partial charge in [-0.05, 0) is 35.1 Å². The minimum atomic E-state index is -1.81. The monoisotopic (exact) mass is 774 g/mol. The van der Waals surface area contributed by atoms with E-state index < -0.39 is 72.7 Å². The lowest BCUT2D eigenvalue weighted by atomic mass is 9.98. The van der Waals surface area contributed by atoms with Crippen molar-refractivity contribution in [2.45, 2.75) is 88.1 Å². The molecule has 15 nitrogen and oxygen atoms in total. The van der Waals surface area contributed by atoms with Crippen LogP contribution < -0.4 is 21.3 Å². The van der Waals surface area contributed by atoms with Gasteiger partial charge < -0.3 is 41.3 Å². The summed E-state index contributed by atoms with van der Waals surface area (Å²) in [5, 5.41) is 36.9. The van der Waals surface area contributed by atoms with Gasteiger partial charge in [0.1, 0.15) is 24.7 Å². The quantitative estimate of drug-likeness (QED) is 0.0708. The Morgan fingerprint density at radius 3 is 1.89 bits per heavy atom. The van der Waals surface area contributed by atoms with Gasteiger partial charge in [-0.1, -0.05) is 97.3 Å². The van der Waals surface area contributed by atoms with Crippen LogP contribution in [0.2, 0.25) is 0 Å². The summed E-state index contributed by atoms with van der Waals surface area (Å²) < 4.78 is 5.58. The molecule has 288 valence electrons. The number of carboxylic acids is 3. The highest BCUT2D eigenvalue weighted by atomic mass is 33.1. The molecule has 0 heterocycles. The van der Waals surface area contributed by atoms with Crippen LogP contribution in [0.5, 0.6) is 0 Å². The van der Waals surface area contributed by atoms with Gasteiger partial charge in [-0.2, -0.15) is 0 Å². The molecular weight excluding hydrogens is 729 g/mol. The van der Waals surface area contributed by atoms with Crippen LogP contribution in [0.25, 0.3) is 11.1 Å². The minimum Gasteiger partial charge on any atom is -0.481 e. The van der Waals surface area contributed by atoms with E-state index in [1.54, 1.807) is 10.8 Å². The zero-order chi connectivity index (χ0) is 39.1. The third-order valence-corrected chi connectivity index (χ3v) is 11.2. The standard InChI is InChI=1S/C36H46N4O11S2/c1-36(2,3)53-52-20-28(40-35(50)51-19-25-23-13-8-6-11-21(23)22-12-7-9-14-24(22)25)32(46)37-16-10-4-5-15-29(41)38-26(17-30(42)43)33(47)39-27(34(48)49)18-31(44)45/h6-9,11-14,25-28H,4-5,10,15-20H2,1-3H3,(H,37,46)(H,38,41)(H,39,47)(H,40,50)(H,42,43)(H,44,45)(H,48,49). The van der Waals surface area contributed by atoms with Crippen molar-refractivity contribution in [3.8, 4) is 11.1 Å². The molecule has 0 fully saturated rings. The summed E-state index contributed by atoms with van der Waals surface area (Å²) in [6.07, 6.45) is -1.33. The molecule has 0 aromatic heterocycles. The van der Waals surface area contributed by atoms with Crippen molar-refractivity contribution in [3.05, 3.63) is 59.7 Å². The second-order valence-corrected chi connectivity index (χ2v) is 16.5. The van der Waals surface area contributed by atoms with E-state index in [0.29, 0.717) is 19.3 Å². The topological polar surface area (TPSA) is 238 Å². The molecule has 2 aromatic carbocycles. The molecule has 3 atom stereocenters.